The van der Waals surface area contributed by atoms with Crippen LogP contribution in [-0.4, -0.2) is 42.6 Å². The van der Waals surface area contributed by atoms with Gasteiger partial charge in [0.1, 0.15) is 5.25 Å². The molecule has 0 bridgehead atoms. The molecule has 112 valence electrons. The smallest absolute Gasteiger partial charge is 0.267 e. The molecule has 20 heavy (non-hydrogen) atoms. The Hall–Kier alpha value is -1.41. The van der Waals surface area contributed by atoms with Crippen molar-refractivity contribution >= 4 is 15.9 Å². The van der Waals surface area contributed by atoms with Crippen LogP contribution in [0.25, 0.3) is 0 Å². The number of ether oxygens (including phenoxy) is 1. The summed E-state index contributed by atoms with van der Waals surface area (Å²) in [7, 11) is -3.70. The van der Waals surface area contributed by atoms with Gasteiger partial charge in [-0.05, 0) is 26.7 Å². The number of hydrogen-bond donors (Lipinski definition) is 1. The Balaban J connectivity index is 2.05. The molecule has 0 spiro atoms. The van der Waals surface area contributed by atoms with Gasteiger partial charge < -0.3 is 4.74 Å². The van der Waals surface area contributed by atoms with Gasteiger partial charge in [0.15, 0.2) is 0 Å². The highest BCUT2D eigenvalue weighted by atomic mass is 32.2. The van der Waals surface area contributed by atoms with Gasteiger partial charge in [0.05, 0.1) is 18.4 Å². The number of carbonyl (C=O) groups excluding carboxylic acids is 1. The van der Waals surface area contributed by atoms with Crippen LogP contribution in [-0.2, 0) is 14.8 Å². The van der Waals surface area contributed by atoms with Gasteiger partial charge in [0, 0.05) is 18.8 Å². The zero-order valence-electron chi connectivity index (χ0n) is 11.6. The second-order valence-corrected chi connectivity index (χ2v) is 7.08. The van der Waals surface area contributed by atoms with E-state index in [0.717, 1.165) is 0 Å². The number of carbonyl (C=O) groups is 1. The largest absolute Gasteiger partial charge is 0.380 e. The highest BCUT2D eigenvalue weighted by molar-refractivity contribution is 7.90. The first-order chi connectivity index (χ1) is 9.40. The minimum Gasteiger partial charge on any atom is -0.380 e. The second-order valence-electron chi connectivity index (χ2n) is 5.12. The number of aromatic nitrogens is 2. The summed E-state index contributed by atoms with van der Waals surface area (Å²) in [6, 6.07) is 0.111. The Morgan fingerprint density at radius 3 is 2.85 bits per heavy atom. The summed E-state index contributed by atoms with van der Waals surface area (Å²) >= 11 is 0. The molecule has 7 nitrogen and oxygen atoms in total. The minimum atomic E-state index is -3.70. The van der Waals surface area contributed by atoms with Crippen LogP contribution in [0.15, 0.2) is 12.4 Å². The van der Waals surface area contributed by atoms with E-state index in [2.05, 4.69) is 9.82 Å². The maximum absolute atomic E-state index is 12.1. The number of nitrogens with zero attached hydrogens (tertiary/aromatic N) is 2. The van der Waals surface area contributed by atoms with Gasteiger partial charge >= 0.3 is 0 Å². The van der Waals surface area contributed by atoms with Gasteiger partial charge in [-0.3, -0.25) is 9.48 Å². The topological polar surface area (TPSA) is 90.3 Å². The normalized spacial score (nSPS) is 20.1. The van der Waals surface area contributed by atoms with Gasteiger partial charge in [-0.15, -0.1) is 0 Å². The molecule has 2 rings (SSSR count). The van der Waals surface area contributed by atoms with Crippen LogP contribution in [0.4, 0.5) is 0 Å². The SMILES string of the molecule is CC(C)n1cc(C(=O)NS(=O)(=O)C2CCCOC2)cn1. The highest BCUT2D eigenvalue weighted by Gasteiger charge is 2.30. The molecule has 0 aromatic carbocycles. The molecule has 1 saturated heterocycles. The van der Waals surface area contributed by atoms with Crippen molar-refractivity contribution in [3.63, 3.8) is 0 Å². The molecular weight excluding hydrogens is 282 g/mol. The lowest BCUT2D eigenvalue weighted by molar-refractivity contribution is 0.0953. The summed E-state index contributed by atoms with van der Waals surface area (Å²) in [5.74, 6) is -0.650. The van der Waals surface area contributed by atoms with Crippen LogP contribution in [0.3, 0.4) is 0 Å². The van der Waals surface area contributed by atoms with Crippen molar-refractivity contribution < 1.29 is 17.9 Å². The number of nitrogens with one attached hydrogen (secondary N) is 1. The lowest BCUT2D eigenvalue weighted by Crippen LogP contribution is -2.42. The third-order valence-corrected chi connectivity index (χ3v) is 4.90. The van der Waals surface area contributed by atoms with E-state index in [1.165, 1.54) is 12.4 Å². The Kier molecular flexibility index (Phi) is 4.44. The van der Waals surface area contributed by atoms with Crippen LogP contribution in [0.1, 0.15) is 43.1 Å². The first-order valence-electron chi connectivity index (χ1n) is 6.58. The fourth-order valence-electron chi connectivity index (χ4n) is 1.97. The number of sulfonamides is 1. The van der Waals surface area contributed by atoms with Crippen LogP contribution in [0.5, 0.6) is 0 Å². The predicted octanol–water partition coefficient (Wildman–Crippen LogP) is 0.703. The summed E-state index contributed by atoms with van der Waals surface area (Å²) in [6.45, 7) is 4.55. The summed E-state index contributed by atoms with van der Waals surface area (Å²) in [4.78, 5) is 12.0. The molecule has 8 heteroatoms. The van der Waals surface area contributed by atoms with Crippen LogP contribution < -0.4 is 4.72 Å². The van der Waals surface area contributed by atoms with Crippen LogP contribution >= 0.6 is 0 Å². The van der Waals surface area contributed by atoms with E-state index in [0.29, 0.717) is 19.4 Å². The molecule has 0 saturated carbocycles. The Morgan fingerprint density at radius 2 is 2.30 bits per heavy atom. The van der Waals surface area contributed by atoms with E-state index in [-0.39, 0.29) is 18.2 Å². The van der Waals surface area contributed by atoms with E-state index < -0.39 is 21.2 Å². The molecule has 1 aromatic rings. The van der Waals surface area contributed by atoms with Crippen molar-refractivity contribution in [1.29, 1.82) is 0 Å². The Bertz CT molecular complexity index is 573. The molecule has 1 aliphatic rings. The molecule has 2 heterocycles. The molecule has 1 aliphatic heterocycles. The zero-order valence-corrected chi connectivity index (χ0v) is 12.4. The zero-order chi connectivity index (χ0) is 14.8. The third kappa shape index (κ3) is 3.37. The van der Waals surface area contributed by atoms with Crippen molar-refractivity contribution in [2.24, 2.45) is 0 Å². The molecular formula is C12H19N3O4S. The molecule has 1 fully saturated rings. The highest BCUT2D eigenvalue weighted by Crippen LogP contribution is 2.14. The monoisotopic (exact) mass is 301 g/mol. The molecule has 1 aromatic heterocycles. The van der Waals surface area contributed by atoms with E-state index in [1.807, 2.05) is 13.8 Å². The molecule has 1 atom stereocenters. The standard InChI is InChI=1S/C12H19N3O4S/c1-9(2)15-7-10(6-13-15)12(16)14-20(17,18)11-4-3-5-19-8-11/h6-7,9,11H,3-5,8H2,1-2H3,(H,14,16). The Morgan fingerprint density at radius 1 is 1.55 bits per heavy atom. The molecule has 1 amide bonds. The molecule has 1 unspecified atom stereocenters. The van der Waals surface area contributed by atoms with Crippen molar-refractivity contribution in [3.05, 3.63) is 18.0 Å². The molecule has 1 N–H and O–H groups in total. The fourth-order valence-corrected chi connectivity index (χ4v) is 3.26. The lowest BCUT2D eigenvalue weighted by atomic mass is 10.2. The average molecular weight is 301 g/mol. The number of amides is 1. The molecule has 0 aliphatic carbocycles. The van der Waals surface area contributed by atoms with Crippen LogP contribution in [0.2, 0.25) is 0 Å². The fraction of sp³-hybridized carbons (Fsp3) is 0.667. The number of rotatable bonds is 4. The van der Waals surface area contributed by atoms with E-state index in [4.69, 9.17) is 4.74 Å². The minimum absolute atomic E-state index is 0.111. The molecule has 0 radical (unpaired) electrons. The van der Waals surface area contributed by atoms with Crippen molar-refractivity contribution in [2.45, 2.75) is 38.0 Å². The first kappa shape index (κ1) is 15.0. The van der Waals surface area contributed by atoms with Gasteiger partial charge in [-0.2, -0.15) is 5.10 Å². The maximum atomic E-state index is 12.1. The summed E-state index contributed by atoms with van der Waals surface area (Å²) in [5, 5.41) is 3.35. The van der Waals surface area contributed by atoms with Gasteiger partial charge in [0.2, 0.25) is 10.0 Å². The lowest BCUT2D eigenvalue weighted by Gasteiger charge is -2.22. The third-order valence-electron chi connectivity index (χ3n) is 3.19. The van der Waals surface area contributed by atoms with Gasteiger partial charge in [-0.1, -0.05) is 0 Å². The summed E-state index contributed by atoms with van der Waals surface area (Å²) in [6.07, 6.45) is 4.09. The summed E-state index contributed by atoms with van der Waals surface area (Å²) in [5.41, 5.74) is 0.235. The van der Waals surface area contributed by atoms with Gasteiger partial charge in [-0.25, -0.2) is 13.1 Å². The van der Waals surface area contributed by atoms with Crippen molar-refractivity contribution in [3.8, 4) is 0 Å². The first-order valence-corrected chi connectivity index (χ1v) is 8.12. The predicted molar refractivity (Wildman–Crippen MR) is 72.8 cm³/mol. The van der Waals surface area contributed by atoms with Crippen LogP contribution in [0, 0.1) is 0 Å². The van der Waals surface area contributed by atoms with E-state index in [1.54, 1.807) is 4.68 Å². The van der Waals surface area contributed by atoms with Gasteiger partial charge in [0.25, 0.3) is 5.91 Å². The van der Waals surface area contributed by atoms with Crippen molar-refractivity contribution in [2.75, 3.05) is 13.2 Å². The van der Waals surface area contributed by atoms with Crippen molar-refractivity contribution in [1.82, 2.24) is 14.5 Å². The van der Waals surface area contributed by atoms with E-state index in [9.17, 15) is 13.2 Å². The summed E-state index contributed by atoms with van der Waals surface area (Å²) < 4.78 is 33.0. The quantitative estimate of drug-likeness (QED) is 0.884. The second kappa shape index (κ2) is 5.92. The number of hydrogen-bond acceptors (Lipinski definition) is 5. The maximum Gasteiger partial charge on any atom is 0.267 e. The Labute approximate surface area is 118 Å². The average Bonchev–Trinajstić information content (AvgIpc) is 2.89. The van der Waals surface area contributed by atoms with E-state index >= 15 is 0 Å².